The van der Waals surface area contributed by atoms with Crippen molar-refractivity contribution in [3.8, 4) is 0 Å². The van der Waals surface area contributed by atoms with Crippen molar-refractivity contribution in [1.29, 1.82) is 0 Å². The maximum absolute atomic E-state index is 11.9. The molecule has 3 N–H and O–H groups in total. The van der Waals surface area contributed by atoms with Crippen LogP contribution in [0.25, 0.3) is 0 Å². The molecule has 6 heteroatoms. The molecule has 1 aromatic carbocycles. The van der Waals surface area contributed by atoms with Crippen LogP contribution in [0.2, 0.25) is 0 Å². The summed E-state index contributed by atoms with van der Waals surface area (Å²) in [5.41, 5.74) is 2.59. The summed E-state index contributed by atoms with van der Waals surface area (Å²) in [7, 11) is 0. The van der Waals surface area contributed by atoms with Gasteiger partial charge in [-0.1, -0.05) is 18.2 Å². The van der Waals surface area contributed by atoms with Crippen molar-refractivity contribution in [2.24, 2.45) is 0 Å². The summed E-state index contributed by atoms with van der Waals surface area (Å²) >= 11 is 0. The zero-order chi connectivity index (χ0) is 12.7. The molecule has 0 aliphatic rings. The highest BCUT2D eigenvalue weighted by molar-refractivity contribution is 5.95. The van der Waals surface area contributed by atoms with Gasteiger partial charge >= 0.3 is 0 Å². The Balaban J connectivity index is 2.77. The number of amides is 2. The molecule has 2 amide bonds. The van der Waals surface area contributed by atoms with E-state index < -0.39 is 18.4 Å². The molecular weight excluding hydrogens is 224 g/mol. The van der Waals surface area contributed by atoms with Gasteiger partial charge in [-0.25, -0.2) is 5.01 Å². The second kappa shape index (κ2) is 6.62. The van der Waals surface area contributed by atoms with Gasteiger partial charge in [0.2, 0.25) is 0 Å². The fraction of sp³-hybridized carbons (Fsp3) is 0.273. The van der Waals surface area contributed by atoms with Gasteiger partial charge < -0.3 is 10.2 Å². The number of hydrogen-bond donors (Lipinski definition) is 3. The maximum Gasteiger partial charge on any atom is 0.272 e. The molecule has 0 saturated heterocycles. The van der Waals surface area contributed by atoms with Crippen molar-refractivity contribution in [2.45, 2.75) is 0 Å². The summed E-state index contributed by atoms with van der Waals surface area (Å²) in [6.07, 6.45) is 0. The Morgan fingerprint density at radius 3 is 2.35 bits per heavy atom. The van der Waals surface area contributed by atoms with E-state index in [-0.39, 0.29) is 13.2 Å². The summed E-state index contributed by atoms with van der Waals surface area (Å²) in [5, 5.41) is 18.4. The smallest absolute Gasteiger partial charge is 0.272 e. The lowest BCUT2D eigenvalue weighted by Crippen LogP contribution is -2.48. The van der Waals surface area contributed by atoms with Gasteiger partial charge in [0.25, 0.3) is 11.8 Å². The number of nitrogens with one attached hydrogen (secondary N) is 1. The summed E-state index contributed by atoms with van der Waals surface area (Å²) in [6.45, 7) is -1.05. The summed E-state index contributed by atoms with van der Waals surface area (Å²) < 4.78 is 0. The SMILES string of the molecule is O=C(CO)NN(CCO)C(=O)c1ccccc1. The number of aliphatic hydroxyl groups is 2. The van der Waals surface area contributed by atoms with Gasteiger partial charge in [0.05, 0.1) is 13.2 Å². The highest BCUT2D eigenvalue weighted by Crippen LogP contribution is 2.02. The minimum Gasteiger partial charge on any atom is -0.394 e. The zero-order valence-electron chi connectivity index (χ0n) is 9.17. The van der Waals surface area contributed by atoms with Crippen LogP contribution in [0.1, 0.15) is 10.4 Å². The van der Waals surface area contributed by atoms with Crippen molar-refractivity contribution in [3.05, 3.63) is 35.9 Å². The molecule has 0 radical (unpaired) electrons. The highest BCUT2D eigenvalue weighted by atomic mass is 16.3. The molecule has 0 atom stereocenters. The summed E-state index contributed by atoms with van der Waals surface area (Å²) in [4.78, 5) is 22.9. The van der Waals surface area contributed by atoms with Crippen LogP contribution in [0.4, 0.5) is 0 Å². The van der Waals surface area contributed by atoms with E-state index in [1.165, 1.54) is 0 Å². The third-order valence-corrected chi connectivity index (χ3v) is 1.99. The van der Waals surface area contributed by atoms with Gasteiger partial charge in [-0.2, -0.15) is 0 Å². The van der Waals surface area contributed by atoms with Crippen molar-refractivity contribution < 1.29 is 19.8 Å². The molecule has 0 heterocycles. The molecule has 0 aliphatic carbocycles. The van der Waals surface area contributed by atoms with Crippen LogP contribution < -0.4 is 5.43 Å². The largest absolute Gasteiger partial charge is 0.394 e. The third-order valence-electron chi connectivity index (χ3n) is 1.99. The number of carbonyl (C=O) groups is 2. The Morgan fingerprint density at radius 2 is 1.82 bits per heavy atom. The molecule has 0 fully saturated rings. The molecule has 0 unspecified atom stereocenters. The van der Waals surface area contributed by atoms with Gasteiger partial charge in [0, 0.05) is 5.56 Å². The fourth-order valence-corrected chi connectivity index (χ4v) is 1.23. The van der Waals surface area contributed by atoms with Crippen LogP contribution in [0, 0.1) is 0 Å². The maximum atomic E-state index is 11.9. The first-order chi connectivity index (χ1) is 8.19. The molecular formula is C11H14N2O4. The Bertz CT molecular complexity index is 380. The zero-order valence-corrected chi connectivity index (χ0v) is 9.17. The average Bonchev–Trinajstić information content (AvgIpc) is 2.38. The van der Waals surface area contributed by atoms with E-state index in [9.17, 15) is 9.59 Å². The summed E-state index contributed by atoms with van der Waals surface area (Å²) in [6, 6.07) is 8.34. The van der Waals surface area contributed by atoms with Crippen molar-refractivity contribution >= 4 is 11.8 Å². The Hall–Kier alpha value is -1.92. The van der Waals surface area contributed by atoms with E-state index in [2.05, 4.69) is 5.43 Å². The number of aliphatic hydroxyl groups excluding tert-OH is 2. The molecule has 0 bridgehead atoms. The Morgan fingerprint density at radius 1 is 1.18 bits per heavy atom. The molecule has 92 valence electrons. The lowest BCUT2D eigenvalue weighted by atomic mass is 10.2. The molecule has 17 heavy (non-hydrogen) atoms. The number of hydrazine groups is 1. The van der Waals surface area contributed by atoms with E-state index in [1.807, 2.05) is 0 Å². The van der Waals surface area contributed by atoms with Crippen LogP contribution in [0.5, 0.6) is 0 Å². The van der Waals surface area contributed by atoms with Crippen LogP contribution in [-0.2, 0) is 4.79 Å². The summed E-state index contributed by atoms with van der Waals surface area (Å²) in [5.74, 6) is -1.15. The number of benzene rings is 1. The first-order valence-corrected chi connectivity index (χ1v) is 5.07. The number of hydrogen-bond acceptors (Lipinski definition) is 4. The van der Waals surface area contributed by atoms with Gasteiger partial charge in [0.1, 0.15) is 6.61 Å². The quantitative estimate of drug-likeness (QED) is 0.596. The highest BCUT2D eigenvalue weighted by Gasteiger charge is 2.16. The Kier molecular flexibility index (Phi) is 5.12. The van der Waals surface area contributed by atoms with Gasteiger partial charge in [-0.15, -0.1) is 0 Å². The van der Waals surface area contributed by atoms with Crippen molar-refractivity contribution in [2.75, 3.05) is 19.8 Å². The molecule has 0 aromatic heterocycles. The second-order valence-corrected chi connectivity index (χ2v) is 3.24. The number of carbonyl (C=O) groups excluding carboxylic acids is 2. The normalized spacial score (nSPS) is 9.76. The predicted octanol–water partition coefficient (Wildman–Crippen LogP) is -0.855. The molecule has 1 aromatic rings. The van der Waals surface area contributed by atoms with E-state index in [4.69, 9.17) is 10.2 Å². The molecule has 0 aliphatic heterocycles. The predicted molar refractivity (Wildman–Crippen MR) is 59.8 cm³/mol. The van der Waals surface area contributed by atoms with E-state index in [0.29, 0.717) is 5.56 Å². The monoisotopic (exact) mass is 238 g/mol. The average molecular weight is 238 g/mol. The van der Waals surface area contributed by atoms with E-state index >= 15 is 0 Å². The van der Waals surface area contributed by atoms with E-state index in [0.717, 1.165) is 5.01 Å². The van der Waals surface area contributed by atoms with Crippen LogP contribution in [-0.4, -0.2) is 46.8 Å². The van der Waals surface area contributed by atoms with Crippen molar-refractivity contribution in [1.82, 2.24) is 10.4 Å². The molecule has 0 saturated carbocycles. The second-order valence-electron chi connectivity index (χ2n) is 3.24. The minimum absolute atomic E-state index is 0.0422. The van der Waals surface area contributed by atoms with Gasteiger partial charge in [-0.05, 0) is 12.1 Å². The van der Waals surface area contributed by atoms with Crippen molar-refractivity contribution in [3.63, 3.8) is 0 Å². The third kappa shape index (κ3) is 3.86. The Labute approximate surface area is 98.4 Å². The number of nitrogens with zero attached hydrogens (tertiary/aromatic N) is 1. The first-order valence-electron chi connectivity index (χ1n) is 5.07. The fourth-order valence-electron chi connectivity index (χ4n) is 1.23. The van der Waals surface area contributed by atoms with Crippen LogP contribution in [0.3, 0.4) is 0 Å². The molecule has 1 rings (SSSR count). The molecule has 0 spiro atoms. The minimum atomic E-state index is -0.718. The van der Waals surface area contributed by atoms with Crippen LogP contribution >= 0.6 is 0 Å². The van der Waals surface area contributed by atoms with Gasteiger partial charge in [0.15, 0.2) is 0 Å². The molecule has 6 nitrogen and oxygen atoms in total. The lowest BCUT2D eigenvalue weighted by molar-refractivity contribution is -0.127. The number of rotatable bonds is 4. The van der Waals surface area contributed by atoms with E-state index in [1.54, 1.807) is 30.3 Å². The topological polar surface area (TPSA) is 89.9 Å². The first kappa shape index (κ1) is 13.1. The van der Waals surface area contributed by atoms with Crippen LogP contribution in [0.15, 0.2) is 30.3 Å². The lowest BCUT2D eigenvalue weighted by Gasteiger charge is -2.21. The standard InChI is InChI=1S/C11H14N2O4/c14-7-6-13(12-10(16)8-15)11(17)9-4-2-1-3-5-9/h1-5,14-15H,6-8H2,(H,12,16). The van der Waals surface area contributed by atoms with Gasteiger partial charge in [-0.3, -0.25) is 15.0 Å².